The number of hydrogen-bond acceptors (Lipinski definition) is 11. The van der Waals surface area contributed by atoms with Crippen molar-refractivity contribution in [1.82, 2.24) is 24.6 Å². The molecule has 1 aliphatic rings. The van der Waals surface area contributed by atoms with Gasteiger partial charge in [0, 0.05) is 14.1 Å². The van der Waals surface area contributed by atoms with Crippen LogP contribution in [0.3, 0.4) is 0 Å². The normalized spacial score (nSPS) is 23.2. The van der Waals surface area contributed by atoms with Crippen molar-refractivity contribution >= 4 is 30.7 Å². The second-order valence-electron chi connectivity index (χ2n) is 9.85. The number of carbonyl (C=O) groups excluding carboxylic acids is 1. The van der Waals surface area contributed by atoms with Crippen molar-refractivity contribution in [2.24, 2.45) is 0 Å². The number of aliphatic hydroxyl groups is 1. The molecule has 4 rings (SSSR count). The number of hydrogen-bond donors (Lipinski definition) is 2. The third kappa shape index (κ3) is 6.58. The maximum Gasteiger partial charge on any atom is 0.459 e. The number of aromatic nitrogens is 4. The van der Waals surface area contributed by atoms with Crippen LogP contribution in [0.5, 0.6) is 5.75 Å². The van der Waals surface area contributed by atoms with Crippen LogP contribution in [-0.2, 0) is 23.4 Å². The van der Waals surface area contributed by atoms with Gasteiger partial charge in [0.25, 0.3) is 0 Å². The summed E-state index contributed by atoms with van der Waals surface area (Å²) in [6, 6.07) is 7.12. The van der Waals surface area contributed by atoms with Crippen molar-refractivity contribution in [3.8, 4) is 5.75 Å². The molecule has 2 aromatic heterocycles. The molecule has 3 heterocycles. The van der Waals surface area contributed by atoms with Gasteiger partial charge in [-0.3, -0.25) is 13.9 Å². The van der Waals surface area contributed by atoms with Crippen molar-refractivity contribution in [3.63, 3.8) is 0 Å². The van der Waals surface area contributed by atoms with Crippen molar-refractivity contribution in [2.75, 3.05) is 25.6 Å². The summed E-state index contributed by atoms with van der Waals surface area (Å²) >= 11 is 0. The van der Waals surface area contributed by atoms with E-state index >= 15 is 4.39 Å². The molecule has 6 atom stereocenters. The third-order valence-electron chi connectivity index (χ3n) is 5.94. The number of nitrogens with zero attached hydrogens (tertiary/aromatic N) is 5. The number of aryl methyl sites for hydroxylation is 1. The number of alkyl halides is 1. The monoisotopic (exact) mass is 580 g/mol. The predicted molar refractivity (Wildman–Crippen MR) is 144 cm³/mol. The Morgan fingerprint density at radius 2 is 1.95 bits per heavy atom. The van der Waals surface area contributed by atoms with Gasteiger partial charge in [-0.05, 0) is 39.8 Å². The zero-order valence-electron chi connectivity index (χ0n) is 23.1. The lowest BCUT2D eigenvalue weighted by Gasteiger charge is -2.25. The largest absolute Gasteiger partial charge is 0.462 e. The lowest BCUT2D eigenvalue weighted by Crippen LogP contribution is -2.37. The van der Waals surface area contributed by atoms with E-state index in [2.05, 4.69) is 20.0 Å². The van der Waals surface area contributed by atoms with Gasteiger partial charge in [0.1, 0.15) is 29.8 Å². The second kappa shape index (κ2) is 12.1. The highest BCUT2D eigenvalue weighted by atomic mass is 31.2. The Morgan fingerprint density at radius 3 is 2.60 bits per heavy atom. The van der Waals surface area contributed by atoms with E-state index in [0.29, 0.717) is 22.8 Å². The first kappa shape index (κ1) is 29.8. The zero-order valence-corrected chi connectivity index (χ0v) is 24.0. The van der Waals surface area contributed by atoms with Crippen molar-refractivity contribution < 1.29 is 37.4 Å². The van der Waals surface area contributed by atoms with E-state index in [1.807, 2.05) is 0 Å². The van der Waals surface area contributed by atoms with Crippen LogP contribution in [0.2, 0.25) is 0 Å². The summed E-state index contributed by atoms with van der Waals surface area (Å²) < 4.78 is 52.7. The molecule has 1 aliphatic heterocycles. The lowest BCUT2D eigenvalue weighted by molar-refractivity contribution is -0.149. The molecule has 0 amide bonds. The molecule has 0 saturated carbocycles. The number of carbonyl (C=O) groups is 1. The van der Waals surface area contributed by atoms with E-state index in [-0.39, 0.29) is 5.75 Å². The average molecular weight is 581 g/mol. The first-order valence-electron chi connectivity index (χ1n) is 12.7. The maximum atomic E-state index is 15.4. The van der Waals surface area contributed by atoms with E-state index in [9.17, 15) is 14.5 Å². The molecule has 218 valence electrons. The summed E-state index contributed by atoms with van der Waals surface area (Å²) in [5.41, 5.74) is 0.766. The molecule has 13 nitrogen and oxygen atoms in total. The van der Waals surface area contributed by atoms with E-state index < -0.39 is 57.1 Å². The number of halogens is 1. The molecule has 0 radical (unpaired) electrons. The predicted octanol–water partition coefficient (Wildman–Crippen LogP) is 2.93. The lowest BCUT2D eigenvalue weighted by atomic mass is 10.1. The molecular formula is C25H34FN6O7P. The van der Waals surface area contributed by atoms with E-state index in [1.54, 1.807) is 70.1 Å². The van der Waals surface area contributed by atoms with Crippen LogP contribution in [0.4, 0.5) is 10.2 Å². The fourth-order valence-corrected chi connectivity index (χ4v) is 5.58. The topological polar surface area (TPSA) is 150 Å². The fourth-order valence-electron chi connectivity index (χ4n) is 4.08. The molecule has 2 N–H and O–H groups in total. The first-order chi connectivity index (χ1) is 18.9. The summed E-state index contributed by atoms with van der Waals surface area (Å²) in [5.74, 6) is 0.527. The maximum absolute atomic E-state index is 15.4. The number of anilines is 1. The smallest absolute Gasteiger partial charge is 0.459 e. The summed E-state index contributed by atoms with van der Waals surface area (Å²) in [6.07, 6.45) is -5.07. The SMILES string of the molecule is Cc1nc(N(C)C)c2ncn([C@@H]3O[C@H](CO[P@@](=O)(N[C@H](C)C(=O)OC(C)C)Oc4ccccc4)[C@@H](O)[C@@H]3F)c2n1. The number of esters is 1. The highest BCUT2D eigenvalue weighted by Crippen LogP contribution is 2.46. The number of para-hydroxylation sites is 1. The Bertz CT molecular complexity index is 1370. The van der Waals surface area contributed by atoms with Crippen molar-refractivity contribution in [3.05, 3.63) is 42.5 Å². The van der Waals surface area contributed by atoms with Crippen LogP contribution in [0.15, 0.2) is 36.7 Å². The van der Waals surface area contributed by atoms with Crippen LogP contribution in [0, 0.1) is 6.92 Å². The van der Waals surface area contributed by atoms with Gasteiger partial charge in [-0.25, -0.2) is 23.9 Å². The third-order valence-corrected chi connectivity index (χ3v) is 7.58. The fraction of sp³-hybridized carbons (Fsp3) is 0.520. The first-order valence-corrected chi connectivity index (χ1v) is 14.3. The molecule has 1 aromatic carbocycles. The Kier molecular flexibility index (Phi) is 9.06. The molecule has 1 fully saturated rings. The summed E-state index contributed by atoms with van der Waals surface area (Å²) in [4.78, 5) is 27.2. The molecule has 0 aliphatic carbocycles. The van der Waals surface area contributed by atoms with Crippen molar-refractivity contribution in [2.45, 2.75) is 64.4 Å². The highest BCUT2D eigenvalue weighted by Gasteiger charge is 2.47. The molecule has 15 heteroatoms. The highest BCUT2D eigenvalue weighted by molar-refractivity contribution is 7.52. The number of ether oxygens (including phenoxy) is 2. The minimum Gasteiger partial charge on any atom is -0.462 e. The molecule has 40 heavy (non-hydrogen) atoms. The van der Waals surface area contributed by atoms with Crippen LogP contribution < -0.4 is 14.5 Å². The summed E-state index contributed by atoms with van der Waals surface area (Å²) in [6.45, 7) is 5.99. The Labute approximate surface area is 231 Å². The van der Waals surface area contributed by atoms with Gasteiger partial charge in [-0.1, -0.05) is 18.2 Å². The van der Waals surface area contributed by atoms with Gasteiger partial charge in [0.15, 0.2) is 29.4 Å². The summed E-state index contributed by atoms with van der Waals surface area (Å²) in [5, 5.41) is 13.2. The van der Waals surface area contributed by atoms with Crippen LogP contribution >= 0.6 is 7.75 Å². The van der Waals surface area contributed by atoms with E-state index in [4.69, 9.17) is 18.5 Å². The Balaban J connectivity index is 1.53. The molecule has 0 bridgehead atoms. The van der Waals surface area contributed by atoms with Gasteiger partial charge in [0.05, 0.1) is 19.0 Å². The summed E-state index contributed by atoms with van der Waals surface area (Å²) in [7, 11) is -0.646. The number of fused-ring (bicyclic) bond motifs is 1. The number of nitrogens with one attached hydrogen (secondary N) is 1. The Hall–Kier alpha value is -3.16. The molecule has 0 unspecified atom stereocenters. The number of imidazole rings is 1. The standard InChI is InChI=1S/C25H34FN6O7P/c1-14(2)37-25(34)15(3)30-40(35,39-17-10-8-7-9-11-17)36-12-18-21(33)19(26)24(38-18)32-13-27-20-22(31(5)6)28-16(4)29-23(20)32/h7-11,13-15,18-19,21,24,33H,12H2,1-6H3,(H,30,35)/t15-,18-,19+,21-,24-,40+/m1/s1. The van der Waals surface area contributed by atoms with Gasteiger partial charge < -0.3 is 24.0 Å². The van der Waals surface area contributed by atoms with Gasteiger partial charge in [-0.2, -0.15) is 5.09 Å². The van der Waals surface area contributed by atoms with Gasteiger partial charge >= 0.3 is 13.7 Å². The van der Waals surface area contributed by atoms with Crippen LogP contribution in [0.25, 0.3) is 11.2 Å². The molecule has 1 saturated heterocycles. The minimum atomic E-state index is -4.25. The quantitative estimate of drug-likeness (QED) is 0.254. The van der Waals surface area contributed by atoms with Gasteiger partial charge in [0.2, 0.25) is 0 Å². The van der Waals surface area contributed by atoms with Gasteiger partial charge in [-0.15, -0.1) is 0 Å². The molecule has 0 spiro atoms. The minimum absolute atomic E-state index is 0.202. The van der Waals surface area contributed by atoms with Crippen LogP contribution in [0.1, 0.15) is 32.8 Å². The number of aliphatic hydroxyl groups excluding tert-OH is 1. The van der Waals surface area contributed by atoms with Crippen LogP contribution in [-0.4, -0.2) is 81.8 Å². The van der Waals surface area contributed by atoms with E-state index in [0.717, 1.165) is 0 Å². The Morgan fingerprint density at radius 1 is 1.25 bits per heavy atom. The second-order valence-corrected chi connectivity index (χ2v) is 11.5. The number of rotatable bonds is 11. The number of benzene rings is 1. The molecule has 3 aromatic rings. The average Bonchev–Trinajstić information content (AvgIpc) is 3.42. The molecular weight excluding hydrogens is 546 g/mol. The van der Waals surface area contributed by atoms with E-state index in [1.165, 1.54) is 17.8 Å². The van der Waals surface area contributed by atoms with Crippen molar-refractivity contribution in [1.29, 1.82) is 0 Å². The zero-order chi connectivity index (χ0) is 29.2.